The number of carbonyl (C=O) groups is 2. The van der Waals surface area contributed by atoms with Crippen molar-refractivity contribution in [2.45, 2.75) is 128 Å². The van der Waals surface area contributed by atoms with E-state index in [9.17, 15) is 35.1 Å². The molecule has 0 radical (unpaired) electrons. The highest BCUT2D eigenvalue weighted by atomic mass is 16.6. The van der Waals surface area contributed by atoms with Crippen molar-refractivity contribution in [3.63, 3.8) is 0 Å². The van der Waals surface area contributed by atoms with Crippen LogP contribution in [0.15, 0.2) is 11.6 Å². The summed E-state index contributed by atoms with van der Waals surface area (Å²) in [5.41, 5.74) is -4.45. The van der Waals surface area contributed by atoms with Crippen LogP contribution in [0.1, 0.15) is 92.9 Å². The Morgan fingerprint density at radius 1 is 1.11 bits per heavy atom. The summed E-state index contributed by atoms with van der Waals surface area (Å²) in [7, 11) is 0. The van der Waals surface area contributed by atoms with Crippen molar-refractivity contribution in [3.05, 3.63) is 11.6 Å². The largest absolute Gasteiger partial charge is 0.459 e. The van der Waals surface area contributed by atoms with Gasteiger partial charge in [-0.15, -0.1) is 0 Å². The number of ether oxygens (including phenoxy) is 1. The van der Waals surface area contributed by atoms with E-state index in [0.717, 1.165) is 0 Å². The lowest BCUT2D eigenvalue weighted by molar-refractivity contribution is -0.192. The van der Waals surface area contributed by atoms with Crippen molar-refractivity contribution in [2.24, 2.45) is 28.6 Å². The zero-order valence-electron chi connectivity index (χ0n) is 23.2. The van der Waals surface area contributed by atoms with Crippen LogP contribution >= 0.6 is 0 Å². The second kappa shape index (κ2) is 9.12. The van der Waals surface area contributed by atoms with Gasteiger partial charge >= 0.3 is 5.97 Å². The minimum Gasteiger partial charge on any atom is -0.459 e. The molecule has 10 atom stereocenters. The smallest absolute Gasteiger partial charge is 0.303 e. The molecule has 0 spiro atoms. The molecule has 3 saturated carbocycles. The minimum absolute atomic E-state index is 0.112. The van der Waals surface area contributed by atoms with Crippen molar-refractivity contribution >= 4 is 11.8 Å². The maximum Gasteiger partial charge on any atom is 0.303 e. The van der Waals surface area contributed by atoms with E-state index in [1.54, 1.807) is 26.8 Å². The molecule has 2 unspecified atom stereocenters. The maximum absolute atomic E-state index is 13.4. The Kier molecular flexibility index (Phi) is 7.07. The lowest BCUT2D eigenvalue weighted by Crippen LogP contribution is -2.63. The predicted molar refractivity (Wildman–Crippen MR) is 136 cm³/mol. The molecule has 0 saturated heterocycles. The van der Waals surface area contributed by atoms with Crippen LogP contribution in [0, 0.1) is 28.6 Å². The topological polar surface area (TPSA) is 145 Å². The Morgan fingerprint density at radius 2 is 1.76 bits per heavy atom. The van der Waals surface area contributed by atoms with E-state index in [1.807, 2.05) is 13.8 Å². The summed E-state index contributed by atoms with van der Waals surface area (Å²) in [6, 6.07) is 0. The molecule has 0 heterocycles. The van der Waals surface area contributed by atoms with Crippen molar-refractivity contribution in [1.29, 1.82) is 0 Å². The summed E-state index contributed by atoms with van der Waals surface area (Å²) in [5, 5.41) is 55.4. The molecule has 8 heteroatoms. The van der Waals surface area contributed by atoms with Crippen molar-refractivity contribution in [2.75, 3.05) is 0 Å². The first-order valence-electron chi connectivity index (χ1n) is 13.8. The predicted octanol–water partition coefficient (Wildman–Crippen LogP) is 2.42. The zero-order chi connectivity index (χ0) is 27.8. The van der Waals surface area contributed by atoms with Gasteiger partial charge in [-0.3, -0.25) is 9.59 Å². The van der Waals surface area contributed by atoms with E-state index in [0.29, 0.717) is 44.1 Å². The molecule has 0 aromatic carbocycles. The summed E-state index contributed by atoms with van der Waals surface area (Å²) in [6.45, 7) is 10.3. The number of aliphatic hydroxyl groups excluding tert-OH is 2. The van der Waals surface area contributed by atoms with E-state index >= 15 is 0 Å². The van der Waals surface area contributed by atoms with Gasteiger partial charge in [0.1, 0.15) is 11.7 Å². The Morgan fingerprint density at radius 3 is 2.35 bits per heavy atom. The molecule has 210 valence electrons. The fourth-order valence-electron chi connectivity index (χ4n) is 8.69. The highest BCUT2D eigenvalue weighted by Crippen LogP contribution is 2.68. The Bertz CT molecular complexity index is 965. The van der Waals surface area contributed by atoms with Crippen LogP contribution in [0.4, 0.5) is 0 Å². The number of hydrogen-bond acceptors (Lipinski definition) is 8. The maximum atomic E-state index is 13.4. The minimum atomic E-state index is -1.47. The van der Waals surface area contributed by atoms with E-state index < -0.39 is 63.8 Å². The lowest BCUT2D eigenvalue weighted by atomic mass is 9.45. The highest BCUT2D eigenvalue weighted by molar-refractivity contribution is 5.95. The summed E-state index contributed by atoms with van der Waals surface area (Å²) in [4.78, 5) is 25.3. The molecule has 5 N–H and O–H groups in total. The Labute approximate surface area is 220 Å². The van der Waals surface area contributed by atoms with Crippen molar-refractivity contribution in [3.8, 4) is 0 Å². The summed E-state index contributed by atoms with van der Waals surface area (Å²) in [5.74, 6) is -1.56. The Hall–Kier alpha value is -1.32. The Balaban J connectivity index is 1.69. The van der Waals surface area contributed by atoms with Gasteiger partial charge in [-0.05, 0) is 101 Å². The third-order valence-electron chi connectivity index (χ3n) is 10.8. The SMILES string of the molecule is CC(=O)O[C@H](CCC(C)(C)O)[C@](C)(O)[C@H]1CCC2(O)C3=CC(=O)C4C[C@@H](O)[C@@H](O)C[C@]4(C)[C@H]3CC[C@]12C. The number of allylic oxidation sites excluding steroid dienone is 1. The summed E-state index contributed by atoms with van der Waals surface area (Å²) >= 11 is 0. The molecule has 4 rings (SSSR count). The molecular weight excluding hydrogens is 476 g/mol. The number of hydrogen-bond donors (Lipinski definition) is 5. The first-order chi connectivity index (χ1) is 16.9. The molecule has 0 aromatic heterocycles. The third-order valence-corrected chi connectivity index (χ3v) is 10.8. The normalized spacial score (nSPS) is 44.1. The molecule has 0 bridgehead atoms. The number of carbonyl (C=O) groups excluding carboxylic acids is 2. The van der Waals surface area contributed by atoms with Gasteiger partial charge in [0.25, 0.3) is 0 Å². The first kappa shape index (κ1) is 28.7. The van der Waals surface area contributed by atoms with Crippen LogP contribution in [0.3, 0.4) is 0 Å². The van der Waals surface area contributed by atoms with E-state index in [-0.39, 0.29) is 24.5 Å². The van der Waals surface area contributed by atoms with Crippen molar-refractivity contribution < 1.29 is 39.9 Å². The second-order valence-electron chi connectivity index (χ2n) is 13.8. The quantitative estimate of drug-likeness (QED) is 0.335. The monoisotopic (exact) mass is 522 g/mol. The summed E-state index contributed by atoms with van der Waals surface area (Å²) in [6.07, 6.45) is 2.13. The fourth-order valence-corrected chi connectivity index (χ4v) is 8.69. The average molecular weight is 523 g/mol. The van der Waals surface area contributed by atoms with Crippen LogP contribution in [-0.4, -0.2) is 72.4 Å². The average Bonchev–Trinajstić information content (AvgIpc) is 3.04. The molecule has 0 amide bonds. The molecule has 4 aliphatic carbocycles. The zero-order valence-corrected chi connectivity index (χ0v) is 23.2. The lowest BCUT2D eigenvalue weighted by Gasteiger charge is -2.60. The molecule has 0 aromatic rings. The van der Waals surface area contributed by atoms with Gasteiger partial charge in [-0.1, -0.05) is 13.8 Å². The molecule has 8 nitrogen and oxygen atoms in total. The van der Waals surface area contributed by atoms with Crippen LogP contribution in [-0.2, 0) is 14.3 Å². The fraction of sp³-hybridized carbons (Fsp3) is 0.862. The van der Waals surface area contributed by atoms with Gasteiger partial charge < -0.3 is 30.3 Å². The van der Waals surface area contributed by atoms with Crippen LogP contribution in [0.25, 0.3) is 0 Å². The van der Waals surface area contributed by atoms with Gasteiger partial charge in [0.2, 0.25) is 0 Å². The molecule has 0 aliphatic heterocycles. The van der Waals surface area contributed by atoms with Crippen LogP contribution in [0.2, 0.25) is 0 Å². The van der Waals surface area contributed by atoms with E-state index in [1.165, 1.54) is 6.92 Å². The van der Waals surface area contributed by atoms with Gasteiger partial charge in [0, 0.05) is 18.3 Å². The summed E-state index contributed by atoms with van der Waals surface area (Å²) < 4.78 is 5.61. The van der Waals surface area contributed by atoms with E-state index in [2.05, 4.69) is 0 Å². The van der Waals surface area contributed by atoms with Crippen LogP contribution in [0.5, 0.6) is 0 Å². The molecule has 4 aliphatic rings. The van der Waals surface area contributed by atoms with E-state index in [4.69, 9.17) is 4.74 Å². The number of aliphatic hydroxyl groups is 5. The van der Waals surface area contributed by atoms with Gasteiger partial charge in [-0.25, -0.2) is 0 Å². The number of ketones is 1. The van der Waals surface area contributed by atoms with Gasteiger partial charge in [0.05, 0.1) is 23.4 Å². The second-order valence-corrected chi connectivity index (χ2v) is 13.8. The highest BCUT2D eigenvalue weighted by Gasteiger charge is 2.69. The third kappa shape index (κ3) is 4.50. The number of rotatable bonds is 6. The van der Waals surface area contributed by atoms with Crippen molar-refractivity contribution in [1.82, 2.24) is 0 Å². The first-order valence-corrected chi connectivity index (χ1v) is 13.8. The molecule has 3 fully saturated rings. The van der Waals surface area contributed by atoms with Gasteiger partial charge in [-0.2, -0.15) is 0 Å². The molecular formula is C29H46O8. The standard InChI is InChI=1S/C29H46O8/c1-16(30)37-24(9-10-25(2,3)34)28(6,35)23-8-12-29(36)18-13-20(31)19-14-21(32)22(33)15-26(19,4)17(18)7-11-27(23,29)5/h13,17,19,21-24,32-36H,7-12,14-15H2,1-6H3/t17-,19?,21+,22-,23-,24+,26+,27+,28+,29?/m0/s1. The molecule has 37 heavy (non-hydrogen) atoms. The van der Waals surface area contributed by atoms with Gasteiger partial charge in [0.15, 0.2) is 5.78 Å². The number of fused-ring (bicyclic) bond motifs is 5. The number of esters is 1. The van der Waals surface area contributed by atoms with Crippen LogP contribution < -0.4 is 0 Å².